The summed E-state index contributed by atoms with van der Waals surface area (Å²) in [5.74, 6) is 0.758. The standard InChI is InChI=1S/C21H18N4O5/c1-29-14-7-5-13(6-8-14)24-20(19-16(21(24)26)4-3-11-22-19)23-17-10-9-15(30-2)12-18(17)25(27)28/h3-12,20,23H,1-2H3/t20-/m0/s1. The number of nitro benzene ring substituents is 1. The van der Waals surface area contributed by atoms with Crippen molar-refractivity contribution in [2.24, 2.45) is 0 Å². The Morgan fingerprint density at radius 3 is 2.43 bits per heavy atom. The summed E-state index contributed by atoms with van der Waals surface area (Å²) in [7, 11) is 3.00. The van der Waals surface area contributed by atoms with Gasteiger partial charge in [0.1, 0.15) is 17.2 Å². The maximum absolute atomic E-state index is 13.1. The molecule has 4 rings (SSSR count). The first kappa shape index (κ1) is 19.2. The number of nitrogens with one attached hydrogen (secondary N) is 1. The number of methoxy groups -OCH3 is 2. The summed E-state index contributed by atoms with van der Waals surface area (Å²) in [4.78, 5) is 30.1. The van der Waals surface area contributed by atoms with Gasteiger partial charge < -0.3 is 14.8 Å². The zero-order valence-electron chi connectivity index (χ0n) is 16.2. The van der Waals surface area contributed by atoms with Gasteiger partial charge in [0.2, 0.25) is 0 Å². The van der Waals surface area contributed by atoms with E-state index in [9.17, 15) is 14.9 Å². The Labute approximate surface area is 172 Å². The van der Waals surface area contributed by atoms with Gasteiger partial charge in [0, 0.05) is 11.9 Å². The summed E-state index contributed by atoms with van der Waals surface area (Å²) in [5, 5.41) is 14.7. The molecule has 9 heteroatoms. The van der Waals surface area contributed by atoms with Crippen LogP contribution in [0.2, 0.25) is 0 Å². The molecule has 1 N–H and O–H groups in total. The Morgan fingerprint density at radius 1 is 1.07 bits per heavy atom. The van der Waals surface area contributed by atoms with Gasteiger partial charge in [-0.2, -0.15) is 0 Å². The molecular weight excluding hydrogens is 388 g/mol. The minimum atomic E-state index is -0.728. The third kappa shape index (κ3) is 3.26. The Morgan fingerprint density at radius 2 is 1.77 bits per heavy atom. The van der Waals surface area contributed by atoms with Crippen molar-refractivity contribution in [3.63, 3.8) is 0 Å². The number of rotatable bonds is 6. The van der Waals surface area contributed by atoms with Gasteiger partial charge in [0.25, 0.3) is 11.6 Å². The van der Waals surface area contributed by atoms with Crippen molar-refractivity contribution in [1.29, 1.82) is 0 Å². The number of anilines is 2. The Balaban J connectivity index is 1.79. The summed E-state index contributed by atoms with van der Waals surface area (Å²) in [5.41, 5.74) is 1.61. The second-order valence-corrected chi connectivity index (χ2v) is 6.50. The lowest BCUT2D eigenvalue weighted by Crippen LogP contribution is -2.32. The van der Waals surface area contributed by atoms with Crippen LogP contribution < -0.4 is 19.7 Å². The highest BCUT2D eigenvalue weighted by molar-refractivity contribution is 6.11. The van der Waals surface area contributed by atoms with Crippen molar-refractivity contribution in [1.82, 2.24) is 4.98 Å². The van der Waals surface area contributed by atoms with Gasteiger partial charge in [-0.15, -0.1) is 0 Å². The maximum Gasteiger partial charge on any atom is 0.296 e. The van der Waals surface area contributed by atoms with Crippen molar-refractivity contribution in [3.05, 3.63) is 82.2 Å². The van der Waals surface area contributed by atoms with Gasteiger partial charge in [0.05, 0.1) is 36.5 Å². The number of carbonyl (C=O) groups excluding carboxylic acids is 1. The number of benzene rings is 2. The summed E-state index contributed by atoms with van der Waals surface area (Å²) in [6.45, 7) is 0. The number of nitrogens with zero attached hydrogens (tertiary/aromatic N) is 3. The average Bonchev–Trinajstić information content (AvgIpc) is 3.05. The lowest BCUT2D eigenvalue weighted by atomic mass is 10.2. The van der Waals surface area contributed by atoms with Crippen LogP contribution >= 0.6 is 0 Å². The van der Waals surface area contributed by atoms with Crippen LogP contribution in [0.1, 0.15) is 22.2 Å². The SMILES string of the molecule is COc1ccc(N2C(=O)c3cccnc3[C@H]2Nc2ccc(OC)cc2[N+](=O)[O-])cc1. The molecule has 152 valence electrons. The topological polar surface area (TPSA) is 107 Å². The second-order valence-electron chi connectivity index (χ2n) is 6.50. The minimum Gasteiger partial charge on any atom is -0.497 e. The number of fused-ring (bicyclic) bond motifs is 1. The highest BCUT2D eigenvalue weighted by atomic mass is 16.6. The monoisotopic (exact) mass is 406 g/mol. The number of ether oxygens (including phenoxy) is 2. The average molecular weight is 406 g/mol. The molecule has 0 radical (unpaired) electrons. The molecule has 1 aliphatic rings. The zero-order chi connectivity index (χ0) is 21.3. The van der Waals surface area contributed by atoms with Gasteiger partial charge in [0.15, 0.2) is 6.17 Å². The zero-order valence-corrected chi connectivity index (χ0v) is 16.2. The fraction of sp³-hybridized carbons (Fsp3) is 0.143. The molecule has 30 heavy (non-hydrogen) atoms. The van der Waals surface area contributed by atoms with Crippen molar-refractivity contribution in [2.75, 3.05) is 24.4 Å². The molecule has 3 aromatic rings. The number of hydrogen-bond donors (Lipinski definition) is 1. The molecule has 0 aliphatic carbocycles. The quantitative estimate of drug-likeness (QED) is 0.490. The molecule has 0 saturated carbocycles. The molecule has 0 fully saturated rings. The minimum absolute atomic E-state index is 0.166. The van der Waals surface area contributed by atoms with Crippen LogP contribution in [0.25, 0.3) is 0 Å². The summed E-state index contributed by atoms with van der Waals surface area (Å²) in [6.07, 6.45) is 0.856. The predicted octanol–water partition coefficient (Wildman–Crippen LogP) is 3.78. The molecule has 2 aromatic carbocycles. The van der Waals surface area contributed by atoms with Gasteiger partial charge in [-0.1, -0.05) is 0 Å². The highest BCUT2D eigenvalue weighted by Crippen LogP contribution is 2.39. The normalized spacial score (nSPS) is 14.9. The first-order valence-corrected chi connectivity index (χ1v) is 9.05. The van der Waals surface area contributed by atoms with Crippen molar-refractivity contribution >= 4 is 23.0 Å². The molecule has 0 bridgehead atoms. The van der Waals surface area contributed by atoms with Crippen molar-refractivity contribution < 1.29 is 19.2 Å². The van der Waals surface area contributed by atoms with E-state index >= 15 is 0 Å². The lowest BCUT2D eigenvalue weighted by molar-refractivity contribution is -0.384. The third-order valence-electron chi connectivity index (χ3n) is 4.85. The van der Waals surface area contributed by atoms with E-state index in [-0.39, 0.29) is 17.3 Å². The van der Waals surface area contributed by atoms with Crippen LogP contribution in [0.4, 0.5) is 17.1 Å². The van der Waals surface area contributed by atoms with Gasteiger partial charge in [-0.3, -0.25) is 24.8 Å². The number of carbonyl (C=O) groups is 1. The van der Waals surface area contributed by atoms with E-state index in [0.717, 1.165) is 0 Å². The van der Waals surface area contributed by atoms with Gasteiger partial charge in [-0.05, 0) is 48.5 Å². The Kier molecular flexibility index (Phi) is 4.93. The summed E-state index contributed by atoms with van der Waals surface area (Å²) < 4.78 is 10.3. The number of pyridine rings is 1. The predicted molar refractivity (Wildman–Crippen MR) is 110 cm³/mol. The maximum atomic E-state index is 13.1. The number of hydrogen-bond acceptors (Lipinski definition) is 7. The molecule has 1 aliphatic heterocycles. The summed E-state index contributed by atoms with van der Waals surface area (Å²) >= 11 is 0. The number of amides is 1. The largest absolute Gasteiger partial charge is 0.497 e. The molecule has 1 atom stereocenters. The van der Waals surface area contributed by atoms with Crippen LogP contribution in [-0.2, 0) is 0 Å². The fourth-order valence-electron chi connectivity index (χ4n) is 3.39. The number of nitro groups is 1. The van der Waals surface area contributed by atoms with Crippen LogP contribution in [0.3, 0.4) is 0 Å². The van der Waals surface area contributed by atoms with E-state index in [1.165, 1.54) is 18.1 Å². The first-order valence-electron chi connectivity index (χ1n) is 9.05. The van der Waals surface area contributed by atoms with Crippen LogP contribution in [0, 0.1) is 10.1 Å². The van der Waals surface area contributed by atoms with Crippen LogP contribution in [0.15, 0.2) is 60.8 Å². The van der Waals surface area contributed by atoms with Crippen molar-refractivity contribution in [2.45, 2.75) is 6.17 Å². The lowest BCUT2D eigenvalue weighted by Gasteiger charge is -2.26. The Bertz CT molecular complexity index is 1120. The fourth-order valence-corrected chi connectivity index (χ4v) is 3.39. The van der Waals surface area contributed by atoms with E-state index < -0.39 is 11.1 Å². The molecule has 1 amide bonds. The van der Waals surface area contributed by atoms with Gasteiger partial charge >= 0.3 is 0 Å². The van der Waals surface area contributed by atoms with Crippen molar-refractivity contribution in [3.8, 4) is 11.5 Å². The molecular formula is C21H18N4O5. The first-order chi connectivity index (χ1) is 14.5. The van der Waals surface area contributed by atoms with Crippen LogP contribution in [-0.4, -0.2) is 30.0 Å². The van der Waals surface area contributed by atoms with E-state index in [1.54, 1.807) is 61.8 Å². The molecule has 0 spiro atoms. The smallest absolute Gasteiger partial charge is 0.296 e. The van der Waals surface area contributed by atoms with E-state index in [4.69, 9.17) is 9.47 Å². The van der Waals surface area contributed by atoms with E-state index in [0.29, 0.717) is 28.4 Å². The van der Waals surface area contributed by atoms with E-state index in [1.807, 2.05) is 0 Å². The molecule has 0 unspecified atom stereocenters. The highest BCUT2D eigenvalue weighted by Gasteiger charge is 2.39. The molecule has 9 nitrogen and oxygen atoms in total. The molecule has 2 heterocycles. The molecule has 1 aromatic heterocycles. The third-order valence-corrected chi connectivity index (χ3v) is 4.85. The molecule has 0 saturated heterocycles. The Hall–Kier alpha value is -4.14. The summed E-state index contributed by atoms with van der Waals surface area (Å²) in [6, 6.07) is 14.8. The van der Waals surface area contributed by atoms with Crippen LogP contribution in [0.5, 0.6) is 11.5 Å². The number of aromatic nitrogens is 1. The van der Waals surface area contributed by atoms with Gasteiger partial charge in [-0.25, -0.2) is 0 Å². The second kappa shape index (κ2) is 7.70. The van der Waals surface area contributed by atoms with E-state index in [2.05, 4.69) is 10.3 Å².